The van der Waals surface area contributed by atoms with Gasteiger partial charge in [0.25, 0.3) is 0 Å². The molecule has 0 saturated heterocycles. The molecule has 0 aliphatic carbocycles. The van der Waals surface area contributed by atoms with E-state index in [1.807, 2.05) is 19.1 Å². The summed E-state index contributed by atoms with van der Waals surface area (Å²) < 4.78 is 34.2. The topological polar surface area (TPSA) is 78.6 Å². The summed E-state index contributed by atoms with van der Waals surface area (Å²) in [5.74, 6) is 1.53. The van der Waals surface area contributed by atoms with Crippen molar-refractivity contribution in [3.8, 4) is 11.5 Å². The Morgan fingerprint density at radius 2 is 1.90 bits per heavy atom. The average molecular weight is 315 g/mol. The molecule has 0 aromatic heterocycles. The van der Waals surface area contributed by atoms with Gasteiger partial charge in [-0.3, -0.25) is 0 Å². The van der Waals surface area contributed by atoms with Crippen LogP contribution in [0.3, 0.4) is 0 Å². The molecule has 0 spiro atoms. The van der Waals surface area contributed by atoms with E-state index in [-0.39, 0.29) is 18.1 Å². The molecule has 120 valence electrons. The van der Waals surface area contributed by atoms with Crippen LogP contribution in [0.4, 0.5) is 0 Å². The first kappa shape index (κ1) is 17.8. The SMILES string of the molecule is CCCOc1ccc(CCN)c(OCCS(=O)(=O)CC)c1. The van der Waals surface area contributed by atoms with Gasteiger partial charge in [-0.25, -0.2) is 8.42 Å². The molecule has 0 amide bonds. The Morgan fingerprint density at radius 1 is 1.14 bits per heavy atom. The molecule has 21 heavy (non-hydrogen) atoms. The zero-order chi connectivity index (χ0) is 15.7. The maximum Gasteiger partial charge on any atom is 0.153 e. The van der Waals surface area contributed by atoms with Gasteiger partial charge in [-0.05, 0) is 31.0 Å². The van der Waals surface area contributed by atoms with E-state index in [1.165, 1.54) is 0 Å². The Kier molecular flexibility index (Phi) is 7.53. The van der Waals surface area contributed by atoms with Gasteiger partial charge in [0.2, 0.25) is 0 Å². The smallest absolute Gasteiger partial charge is 0.153 e. The zero-order valence-electron chi connectivity index (χ0n) is 12.8. The van der Waals surface area contributed by atoms with Gasteiger partial charge in [0.05, 0.1) is 12.4 Å². The number of hydrogen-bond donors (Lipinski definition) is 1. The minimum absolute atomic E-state index is 0.0195. The van der Waals surface area contributed by atoms with Crippen molar-refractivity contribution in [2.75, 3.05) is 31.3 Å². The Balaban J connectivity index is 2.75. The van der Waals surface area contributed by atoms with Gasteiger partial charge in [0.1, 0.15) is 18.1 Å². The van der Waals surface area contributed by atoms with Crippen LogP contribution in [0, 0.1) is 0 Å². The molecule has 1 rings (SSSR count). The Bertz CT molecular complexity index is 528. The highest BCUT2D eigenvalue weighted by atomic mass is 32.2. The van der Waals surface area contributed by atoms with E-state index in [2.05, 4.69) is 0 Å². The highest BCUT2D eigenvalue weighted by Crippen LogP contribution is 2.25. The Labute approximate surface area is 127 Å². The Morgan fingerprint density at radius 3 is 2.52 bits per heavy atom. The quantitative estimate of drug-likeness (QED) is 0.712. The molecule has 0 heterocycles. The van der Waals surface area contributed by atoms with Gasteiger partial charge >= 0.3 is 0 Å². The molecule has 0 unspecified atom stereocenters. The minimum Gasteiger partial charge on any atom is -0.493 e. The summed E-state index contributed by atoms with van der Waals surface area (Å²) in [6.45, 7) is 4.97. The number of benzene rings is 1. The Hall–Kier alpha value is -1.27. The third-order valence-corrected chi connectivity index (χ3v) is 4.69. The van der Waals surface area contributed by atoms with E-state index < -0.39 is 9.84 Å². The summed E-state index contributed by atoms with van der Waals surface area (Å²) in [4.78, 5) is 0. The zero-order valence-corrected chi connectivity index (χ0v) is 13.6. The molecule has 6 heteroatoms. The number of sulfone groups is 1. The summed E-state index contributed by atoms with van der Waals surface area (Å²) in [6.07, 6.45) is 1.61. The second-order valence-electron chi connectivity index (χ2n) is 4.74. The largest absolute Gasteiger partial charge is 0.493 e. The number of hydrogen-bond acceptors (Lipinski definition) is 5. The van der Waals surface area contributed by atoms with Crippen molar-refractivity contribution >= 4 is 9.84 Å². The molecule has 0 radical (unpaired) electrons. The number of nitrogens with two attached hydrogens (primary N) is 1. The molecule has 5 nitrogen and oxygen atoms in total. The highest BCUT2D eigenvalue weighted by Gasteiger charge is 2.10. The second-order valence-corrected chi connectivity index (χ2v) is 7.21. The van der Waals surface area contributed by atoms with Crippen molar-refractivity contribution in [3.63, 3.8) is 0 Å². The predicted molar refractivity (Wildman–Crippen MR) is 84.8 cm³/mol. The van der Waals surface area contributed by atoms with E-state index >= 15 is 0 Å². The maximum atomic E-state index is 11.5. The van der Waals surface area contributed by atoms with Gasteiger partial charge in [0, 0.05) is 11.8 Å². The molecular weight excluding hydrogens is 290 g/mol. The lowest BCUT2D eigenvalue weighted by Gasteiger charge is -2.13. The summed E-state index contributed by atoms with van der Waals surface area (Å²) in [7, 11) is -3.02. The summed E-state index contributed by atoms with van der Waals surface area (Å²) >= 11 is 0. The van der Waals surface area contributed by atoms with Crippen molar-refractivity contribution in [1.82, 2.24) is 0 Å². The van der Waals surface area contributed by atoms with Crippen LogP contribution in [0.1, 0.15) is 25.8 Å². The van der Waals surface area contributed by atoms with Gasteiger partial charge in [-0.15, -0.1) is 0 Å². The highest BCUT2D eigenvalue weighted by molar-refractivity contribution is 7.91. The number of rotatable bonds is 10. The third-order valence-electron chi connectivity index (χ3n) is 3.02. The summed E-state index contributed by atoms with van der Waals surface area (Å²) in [5.41, 5.74) is 6.55. The fraction of sp³-hybridized carbons (Fsp3) is 0.600. The molecule has 1 aromatic carbocycles. The van der Waals surface area contributed by atoms with Crippen LogP contribution in [0.25, 0.3) is 0 Å². The predicted octanol–water partition coefficient (Wildman–Crippen LogP) is 1.79. The van der Waals surface area contributed by atoms with E-state index in [4.69, 9.17) is 15.2 Å². The van der Waals surface area contributed by atoms with Crippen LogP contribution in [-0.4, -0.2) is 39.7 Å². The van der Waals surface area contributed by atoms with Crippen molar-refractivity contribution in [3.05, 3.63) is 23.8 Å². The molecule has 0 saturated carbocycles. The third kappa shape index (κ3) is 6.35. The van der Waals surface area contributed by atoms with Gasteiger partial charge in [-0.1, -0.05) is 19.9 Å². The number of ether oxygens (including phenoxy) is 2. The van der Waals surface area contributed by atoms with Crippen LogP contribution in [0.15, 0.2) is 18.2 Å². The van der Waals surface area contributed by atoms with Crippen molar-refractivity contribution in [1.29, 1.82) is 0 Å². The monoisotopic (exact) mass is 315 g/mol. The fourth-order valence-corrected chi connectivity index (χ4v) is 2.39. The van der Waals surface area contributed by atoms with Gasteiger partial charge < -0.3 is 15.2 Å². The lowest BCUT2D eigenvalue weighted by atomic mass is 10.1. The molecule has 2 N–H and O–H groups in total. The molecular formula is C15H25NO4S. The molecule has 0 atom stereocenters. The first-order valence-corrected chi connectivity index (χ1v) is 9.13. The van der Waals surface area contributed by atoms with Crippen molar-refractivity contribution in [2.24, 2.45) is 5.73 Å². The van der Waals surface area contributed by atoms with Crippen LogP contribution in [0.2, 0.25) is 0 Å². The van der Waals surface area contributed by atoms with Gasteiger partial charge in [0.15, 0.2) is 9.84 Å². The molecule has 1 aromatic rings. The average Bonchev–Trinajstić information content (AvgIpc) is 2.47. The van der Waals surface area contributed by atoms with Crippen LogP contribution >= 0.6 is 0 Å². The van der Waals surface area contributed by atoms with E-state index in [9.17, 15) is 8.42 Å². The van der Waals surface area contributed by atoms with Crippen LogP contribution < -0.4 is 15.2 Å². The summed E-state index contributed by atoms with van der Waals surface area (Å²) in [5, 5.41) is 0. The standard InChI is InChI=1S/C15H25NO4S/c1-3-9-19-14-6-5-13(7-8-16)15(12-14)20-10-11-21(17,18)4-2/h5-6,12H,3-4,7-11,16H2,1-2H3. The second kappa shape index (κ2) is 8.89. The van der Waals surface area contributed by atoms with Crippen LogP contribution in [0.5, 0.6) is 11.5 Å². The molecule has 0 aliphatic rings. The molecule has 0 fully saturated rings. The first-order chi connectivity index (χ1) is 10.0. The minimum atomic E-state index is -3.02. The lowest BCUT2D eigenvalue weighted by molar-refractivity contribution is 0.308. The van der Waals surface area contributed by atoms with E-state index in [0.717, 1.165) is 17.7 Å². The molecule has 0 aliphatic heterocycles. The maximum absolute atomic E-state index is 11.5. The van der Waals surface area contributed by atoms with E-state index in [0.29, 0.717) is 25.3 Å². The van der Waals surface area contributed by atoms with Crippen LogP contribution in [-0.2, 0) is 16.3 Å². The fourth-order valence-electron chi connectivity index (χ4n) is 1.76. The van der Waals surface area contributed by atoms with Crippen molar-refractivity contribution in [2.45, 2.75) is 26.7 Å². The first-order valence-electron chi connectivity index (χ1n) is 7.31. The summed E-state index contributed by atoms with van der Waals surface area (Å²) in [6, 6.07) is 5.61. The van der Waals surface area contributed by atoms with Gasteiger partial charge in [-0.2, -0.15) is 0 Å². The molecule has 0 bridgehead atoms. The normalized spacial score (nSPS) is 11.4. The lowest BCUT2D eigenvalue weighted by Crippen LogP contribution is -2.16. The van der Waals surface area contributed by atoms with Crippen molar-refractivity contribution < 1.29 is 17.9 Å². The van der Waals surface area contributed by atoms with E-state index in [1.54, 1.807) is 13.0 Å².